The maximum absolute atomic E-state index is 7.33. The molecule has 0 aromatic carbocycles. The third-order valence-corrected chi connectivity index (χ3v) is 0. The van der Waals surface area contributed by atoms with Crippen LogP contribution in [0.5, 0.6) is 0 Å². The molecule has 42 valence electrons. The molecule has 0 radical (unpaired) electrons. The Labute approximate surface area is 80.9 Å². The first-order chi connectivity index (χ1) is 2.00. The van der Waals surface area contributed by atoms with Crippen LogP contribution >= 0.6 is 0 Å². The van der Waals surface area contributed by atoms with Gasteiger partial charge in [-0.3, -0.25) is 0 Å². The van der Waals surface area contributed by atoms with Crippen LogP contribution in [0, 0.1) is 0 Å². The summed E-state index contributed by atoms with van der Waals surface area (Å²) in [5, 5.41) is 0. The SMILES string of the molecule is O[Si](O)(O)O.[NaH].[SnH4]. The van der Waals surface area contributed by atoms with Gasteiger partial charge in [0.25, 0.3) is 0 Å². The number of hydrogen-bond acceptors (Lipinski definition) is 4. The van der Waals surface area contributed by atoms with Gasteiger partial charge in [0, 0.05) is 0 Å². The molecular weight excluding hydrogens is 234 g/mol. The predicted octanol–water partition coefficient (Wildman–Crippen LogP) is -4.71. The van der Waals surface area contributed by atoms with E-state index in [-0.39, 0.29) is 53.5 Å². The van der Waals surface area contributed by atoms with Crippen molar-refractivity contribution in [2.24, 2.45) is 0 Å². The first-order valence-corrected chi connectivity index (χ1v) is 2.68. The van der Waals surface area contributed by atoms with Crippen LogP contribution in [0.4, 0.5) is 0 Å². The second kappa shape index (κ2) is 5.98. The Kier molecular flexibility index (Phi) is 13.6. The molecule has 0 aromatic rings. The monoisotopic (exact) mass is 244 g/mol. The Morgan fingerprint density at radius 1 is 0.857 bits per heavy atom. The standard InChI is InChI=1S/Na.H4O4Si.Sn.5H/c;1-5(2,3)4;;;;;;/h;1-4H;;;;;;. The Bertz CT molecular complexity index is 27.2. The van der Waals surface area contributed by atoms with Crippen LogP contribution in [-0.4, -0.2) is 81.7 Å². The molecule has 0 bridgehead atoms. The summed E-state index contributed by atoms with van der Waals surface area (Å²) in [6.45, 7) is 0. The number of rotatable bonds is 0. The van der Waals surface area contributed by atoms with Gasteiger partial charge in [-0.15, -0.1) is 0 Å². The quantitative estimate of drug-likeness (QED) is 0.322. The van der Waals surface area contributed by atoms with Gasteiger partial charge < -0.3 is 19.2 Å². The second-order valence-corrected chi connectivity index (χ2v) is 1.80. The third-order valence-electron chi connectivity index (χ3n) is 0. The van der Waals surface area contributed by atoms with Gasteiger partial charge in [0.1, 0.15) is 0 Å². The molecular formula is H9NaO4SiSn. The van der Waals surface area contributed by atoms with Crippen LogP contribution in [0.1, 0.15) is 0 Å². The Morgan fingerprint density at radius 3 is 0.857 bits per heavy atom. The Balaban J connectivity index is -0.0000000800. The van der Waals surface area contributed by atoms with E-state index in [0.29, 0.717) is 0 Å². The molecule has 0 unspecified atom stereocenters. The molecule has 0 saturated heterocycles. The Hall–Kier alpha value is 1.86. The summed E-state index contributed by atoms with van der Waals surface area (Å²) in [5.74, 6) is 0. The number of hydrogen-bond donors (Lipinski definition) is 4. The zero-order chi connectivity index (χ0) is 4.50. The van der Waals surface area contributed by atoms with Gasteiger partial charge in [-0.05, 0) is 0 Å². The zero-order valence-electron chi connectivity index (χ0n) is 2.29. The van der Waals surface area contributed by atoms with Gasteiger partial charge in [-0.1, -0.05) is 0 Å². The van der Waals surface area contributed by atoms with Crippen molar-refractivity contribution in [1.29, 1.82) is 0 Å². The Morgan fingerprint density at radius 2 is 0.857 bits per heavy atom. The van der Waals surface area contributed by atoms with E-state index in [1.54, 1.807) is 0 Å². The molecule has 0 aliphatic rings. The molecule has 0 heterocycles. The summed E-state index contributed by atoms with van der Waals surface area (Å²) in [4.78, 5) is 29.3. The maximum atomic E-state index is 7.33. The van der Waals surface area contributed by atoms with Crippen LogP contribution in [0.2, 0.25) is 0 Å². The van der Waals surface area contributed by atoms with E-state index in [1.165, 1.54) is 0 Å². The molecule has 7 heteroatoms. The molecule has 0 fully saturated rings. The molecule has 4 nitrogen and oxygen atoms in total. The van der Waals surface area contributed by atoms with Crippen molar-refractivity contribution in [2.75, 3.05) is 0 Å². The second-order valence-electron chi connectivity index (χ2n) is 0.600. The zero-order valence-corrected chi connectivity index (χ0v) is 3.29. The minimum atomic E-state index is -4.61. The van der Waals surface area contributed by atoms with Gasteiger partial charge in [0.05, 0.1) is 0 Å². The first-order valence-electron chi connectivity index (χ1n) is 0.894. The minimum absolute atomic E-state index is 0. The van der Waals surface area contributed by atoms with Crippen LogP contribution in [0.15, 0.2) is 0 Å². The molecule has 0 aromatic heterocycles. The molecule has 0 aliphatic heterocycles. The van der Waals surface area contributed by atoms with Crippen molar-refractivity contribution in [3.63, 3.8) is 0 Å². The van der Waals surface area contributed by atoms with E-state index in [2.05, 4.69) is 0 Å². The van der Waals surface area contributed by atoms with Crippen molar-refractivity contribution in [3.8, 4) is 0 Å². The van der Waals surface area contributed by atoms with Gasteiger partial charge in [0.15, 0.2) is 0 Å². The molecule has 0 aliphatic carbocycles. The molecule has 4 N–H and O–H groups in total. The van der Waals surface area contributed by atoms with Crippen LogP contribution < -0.4 is 0 Å². The van der Waals surface area contributed by atoms with Crippen molar-refractivity contribution in [3.05, 3.63) is 0 Å². The summed E-state index contributed by atoms with van der Waals surface area (Å²) >= 11 is 0. The van der Waals surface area contributed by atoms with Crippen molar-refractivity contribution in [2.45, 2.75) is 0 Å². The van der Waals surface area contributed by atoms with E-state index in [0.717, 1.165) is 0 Å². The van der Waals surface area contributed by atoms with Crippen molar-refractivity contribution in [1.82, 2.24) is 0 Å². The summed E-state index contributed by atoms with van der Waals surface area (Å²) in [5.41, 5.74) is 0. The summed E-state index contributed by atoms with van der Waals surface area (Å²) < 4.78 is 0. The molecule has 0 spiro atoms. The van der Waals surface area contributed by atoms with E-state index in [4.69, 9.17) is 19.2 Å². The van der Waals surface area contributed by atoms with E-state index in [1.807, 2.05) is 0 Å². The predicted molar refractivity (Wildman–Crippen MR) is 33.1 cm³/mol. The molecule has 0 atom stereocenters. The van der Waals surface area contributed by atoms with Crippen molar-refractivity contribution < 1.29 is 19.2 Å². The van der Waals surface area contributed by atoms with Gasteiger partial charge in [-0.2, -0.15) is 0 Å². The average Bonchev–Trinajstić information content (AvgIpc) is 0.722. The van der Waals surface area contributed by atoms with Crippen LogP contribution in [-0.2, 0) is 0 Å². The van der Waals surface area contributed by atoms with E-state index < -0.39 is 9.05 Å². The molecule has 0 rings (SSSR count). The summed E-state index contributed by atoms with van der Waals surface area (Å²) in [7, 11) is -4.61. The van der Waals surface area contributed by atoms with Crippen LogP contribution in [0.25, 0.3) is 0 Å². The topological polar surface area (TPSA) is 80.9 Å². The molecule has 0 amide bonds. The fraction of sp³-hybridized carbons (Fsp3) is 0. The normalized spacial score (nSPS) is 8.57. The van der Waals surface area contributed by atoms with E-state index >= 15 is 0 Å². The summed E-state index contributed by atoms with van der Waals surface area (Å²) in [6, 6.07) is 0. The van der Waals surface area contributed by atoms with E-state index in [9.17, 15) is 0 Å². The van der Waals surface area contributed by atoms with Gasteiger partial charge in [0.2, 0.25) is 0 Å². The first kappa shape index (κ1) is 15.9. The summed E-state index contributed by atoms with van der Waals surface area (Å²) in [6.07, 6.45) is 0. The molecule has 0 saturated carbocycles. The average molecular weight is 243 g/mol. The molecule has 7 heavy (non-hydrogen) atoms. The van der Waals surface area contributed by atoms with Crippen molar-refractivity contribution >= 4 is 62.5 Å². The third kappa shape index (κ3) is 78.2. The van der Waals surface area contributed by atoms with Gasteiger partial charge in [-0.25, -0.2) is 0 Å². The fourth-order valence-corrected chi connectivity index (χ4v) is 0. The van der Waals surface area contributed by atoms with Crippen LogP contribution in [0.3, 0.4) is 0 Å². The van der Waals surface area contributed by atoms with Gasteiger partial charge >= 0.3 is 62.5 Å². The fourth-order valence-electron chi connectivity index (χ4n) is 0.